The van der Waals surface area contributed by atoms with E-state index >= 15 is 0 Å². The topological polar surface area (TPSA) is 152 Å². The van der Waals surface area contributed by atoms with Gasteiger partial charge in [0.15, 0.2) is 17.5 Å². The van der Waals surface area contributed by atoms with Gasteiger partial charge in [-0.05, 0) is 94.0 Å². The lowest BCUT2D eigenvalue weighted by molar-refractivity contribution is 0.669. The van der Waals surface area contributed by atoms with E-state index in [2.05, 4.69) is 83.4 Å². The zero-order chi connectivity index (χ0) is 47.3. The number of hydrogen-bond acceptors (Lipinski definition) is 8. The number of rotatable bonds is 7. The molecule has 0 amide bonds. The van der Waals surface area contributed by atoms with Crippen molar-refractivity contribution in [3.63, 3.8) is 0 Å². The third-order valence-electron chi connectivity index (χ3n) is 12.8. The largest absolute Gasteiger partial charge is 0.456 e. The van der Waals surface area contributed by atoms with E-state index in [-0.39, 0.29) is 0 Å². The first-order valence-electron chi connectivity index (χ1n) is 22.4. The van der Waals surface area contributed by atoms with Gasteiger partial charge in [-0.1, -0.05) is 133 Å². The SMILES string of the molecule is N#Cc1ccc(-c2ccc3c4ccc(-c5ccc(C#N)cc5C#N)cc4n(-c4ccc(-c5cccc6oc7ccccc7c56)cc4-c4nc(-c5ccccc5)nc(-c5ccccc5)n4)c3c2)c(C#N)c1. The molecule has 3 heterocycles. The molecule has 0 aliphatic heterocycles. The minimum atomic E-state index is 0.381. The number of para-hydroxylation sites is 1. The summed E-state index contributed by atoms with van der Waals surface area (Å²) >= 11 is 0. The van der Waals surface area contributed by atoms with Gasteiger partial charge < -0.3 is 8.98 Å². The number of benzene rings is 9. The maximum Gasteiger partial charge on any atom is 0.166 e. The zero-order valence-electron chi connectivity index (χ0n) is 37.0. The van der Waals surface area contributed by atoms with Gasteiger partial charge in [-0.15, -0.1) is 0 Å². The summed E-state index contributed by atoms with van der Waals surface area (Å²) in [6.45, 7) is 0. The predicted molar refractivity (Wildman–Crippen MR) is 273 cm³/mol. The van der Waals surface area contributed by atoms with Gasteiger partial charge in [0.1, 0.15) is 11.2 Å². The number of nitrogens with zero attached hydrogens (tertiary/aromatic N) is 8. The maximum absolute atomic E-state index is 10.3. The molecule has 0 aliphatic rings. The van der Waals surface area contributed by atoms with E-state index in [1.807, 2.05) is 115 Å². The van der Waals surface area contributed by atoms with Crippen LogP contribution in [0, 0.1) is 45.3 Å². The Labute approximate surface area is 400 Å². The van der Waals surface area contributed by atoms with E-state index in [0.29, 0.717) is 56.4 Å². The van der Waals surface area contributed by atoms with Gasteiger partial charge in [-0.3, -0.25) is 0 Å². The Morgan fingerprint density at radius 1 is 0.357 bits per heavy atom. The summed E-state index contributed by atoms with van der Waals surface area (Å²) in [6.07, 6.45) is 0. The van der Waals surface area contributed by atoms with E-state index in [0.717, 1.165) is 82.8 Å². The third kappa shape index (κ3) is 6.88. The van der Waals surface area contributed by atoms with Crippen molar-refractivity contribution in [1.82, 2.24) is 19.5 Å². The van der Waals surface area contributed by atoms with Crippen molar-refractivity contribution in [2.75, 3.05) is 0 Å². The highest BCUT2D eigenvalue weighted by molar-refractivity contribution is 6.14. The van der Waals surface area contributed by atoms with Crippen LogP contribution in [0.25, 0.3) is 117 Å². The second-order valence-electron chi connectivity index (χ2n) is 16.8. The van der Waals surface area contributed by atoms with Gasteiger partial charge in [0.25, 0.3) is 0 Å². The average molecular weight is 893 g/mol. The van der Waals surface area contributed by atoms with Crippen molar-refractivity contribution in [3.05, 3.63) is 216 Å². The van der Waals surface area contributed by atoms with Gasteiger partial charge in [0.05, 0.1) is 63.3 Å². The van der Waals surface area contributed by atoms with Gasteiger partial charge >= 0.3 is 0 Å². The summed E-state index contributed by atoms with van der Waals surface area (Å²) in [5.41, 5.74) is 12.7. The fourth-order valence-electron chi connectivity index (χ4n) is 9.55. The van der Waals surface area contributed by atoms with E-state index in [1.54, 1.807) is 24.3 Å². The standard InChI is InChI=1S/C61H32N8O/c62-33-37-18-23-46(44(28-37)35-64)42-20-25-49-50-26-21-43(47-24-19-38(34-63)29-45(47)36-65)32-55(50)69(54(49)31-42)53-27-22-41(48-15-9-17-57-58(48)51-14-7-8-16-56(51)70-57)30-52(53)61-67-59(39-10-3-1-4-11-39)66-60(68-61)40-12-5-2-6-13-40/h1-32H. The lowest BCUT2D eigenvalue weighted by Crippen LogP contribution is -2.04. The van der Waals surface area contributed by atoms with Gasteiger partial charge in [0.2, 0.25) is 0 Å². The molecule has 0 atom stereocenters. The number of nitriles is 4. The molecule has 9 heteroatoms. The first kappa shape index (κ1) is 41.0. The van der Waals surface area contributed by atoms with Crippen LogP contribution in [0.1, 0.15) is 22.3 Å². The van der Waals surface area contributed by atoms with Gasteiger partial charge in [-0.25, -0.2) is 15.0 Å². The summed E-state index contributed by atoms with van der Waals surface area (Å²) in [5, 5.41) is 44.0. The van der Waals surface area contributed by atoms with Crippen LogP contribution in [0.4, 0.5) is 0 Å². The fourth-order valence-corrected chi connectivity index (χ4v) is 9.55. The highest BCUT2D eigenvalue weighted by atomic mass is 16.3. The minimum Gasteiger partial charge on any atom is -0.456 e. The molecule has 0 fully saturated rings. The highest BCUT2D eigenvalue weighted by Crippen LogP contribution is 2.43. The first-order valence-corrected chi connectivity index (χ1v) is 22.4. The molecule has 9 nitrogen and oxygen atoms in total. The van der Waals surface area contributed by atoms with E-state index < -0.39 is 0 Å². The lowest BCUT2D eigenvalue weighted by Gasteiger charge is -2.17. The fraction of sp³-hybridized carbons (Fsp3) is 0. The van der Waals surface area contributed by atoms with E-state index in [1.165, 1.54) is 0 Å². The Morgan fingerprint density at radius 2 is 0.871 bits per heavy atom. The molecule has 12 aromatic rings. The van der Waals surface area contributed by atoms with Crippen molar-refractivity contribution in [1.29, 1.82) is 21.0 Å². The molecule has 0 bridgehead atoms. The van der Waals surface area contributed by atoms with Crippen molar-refractivity contribution in [3.8, 4) is 97.5 Å². The molecule has 0 N–H and O–H groups in total. The first-order chi connectivity index (χ1) is 34.5. The summed E-state index contributed by atoms with van der Waals surface area (Å²) in [6, 6.07) is 71.8. The van der Waals surface area contributed by atoms with Crippen molar-refractivity contribution >= 4 is 43.7 Å². The Morgan fingerprint density at radius 3 is 1.44 bits per heavy atom. The summed E-state index contributed by atoms with van der Waals surface area (Å²) in [4.78, 5) is 15.6. The van der Waals surface area contributed by atoms with Crippen LogP contribution in [-0.4, -0.2) is 19.5 Å². The normalized spacial score (nSPS) is 11.1. The smallest absolute Gasteiger partial charge is 0.166 e. The second-order valence-corrected chi connectivity index (χ2v) is 16.8. The maximum atomic E-state index is 10.3. The Bertz CT molecular complexity index is 4100. The average Bonchev–Trinajstić information content (AvgIpc) is 3.98. The van der Waals surface area contributed by atoms with Crippen molar-refractivity contribution < 1.29 is 4.42 Å². The number of fused-ring (bicyclic) bond motifs is 6. The molecule has 9 aromatic carbocycles. The summed E-state index contributed by atoms with van der Waals surface area (Å²) in [7, 11) is 0. The molecule has 12 rings (SSSR count). The van der Waals surface area contributed by atoms with Crippen LogP contribution < -0.4 is 0 Å². The van der Waals surface area contributed by atoms with Crippen LogP contribution >= 0.6 is 0 Å². The molecule has 0 unspecified atom stereocenters. The summed E-state index contributed by atoms with van der Waals surface area (Å²) in [5.74, 6) is 1.45. The number of furan rings is 1. The molecule has 322 valence electrons. The van der Waals surface area contributed by atoms with E-state index in [9.17, 15) is 21.0 Å². The van der Waals surface area contributed by atoms with Crippen LogP contribution in [0.15, 0.2) is 199 Å². The van der Waals surface area contributed by atoms with Crippen molar-refractivity contribution in [2.45, 2.75) is 0 Å². The molecule has 0 spiro atoms. The quantitative estimate of drug-likeness (QED) is 0.153. The Kier molecular flexibility index (Phi) is 9.82. The van der Waals surface area contributed by atoms with Crippen LogP contribution in [0.3, 0.4) is 0 Å². The van der Waals surface area contributed by atoms with Crippen LogP contribution in [0.2, 0.25) is 0 Å². The summed E-state index contributed by atoms with van der Waals surface area (Å²) < 4.78 is 8.58. The van der Waals surface area contributed by atoms with Crippen molar-refractivity contribution in [2.24, 2.45) is 0 Å². The number of hydrogen-bond donors (Lipinski definition) is 0. The van der Waals surface area contributed by atoms with Crippen LogP contribution in [-0.2, 0) is 0 Å². The molecule has 3 aromatic heterocycles. The zero-order valence-corrected chi connectivity index (χ0v) is 37.0. The van der Waals surface area contributed by atoms with Crippen LogP contribution in [0.5, 0.6) is 0 Å². The third-order valence-corrected chi connectivity index (χ3v) is 12.8. The minimum absolute atomic E-state index is 0.381. The predicted octanol–water partition coefficient (Wildman–Crippen LogP) is 14.4. The Hall–Kier alpha value is -10.5. The molecule has 0 radical (unpaired) electrons. The second kappa shape index (κ2) is 16.8. The number of aromatic nitrogens is 4. The molecule has 0 saturated carbocycles. The molecule has 0 saturated heterocycles. The van der Waals surface area contributed by atoms with E-state index in [4.69, 9.17) is 19.4 Å². The molecule has 70 heavy (non-hydrogen) atoms. The monoisotopic (exact) mass is 892 g/mol. The van der Waals surface area contributed by atoms with Gasteiger partial charge in [-0.2, -0.15) is 21.0 Å². The highest BCUT2D eigenvalue weighted by Gasteiger charge is 2.23. The lowest BCUT2D eigenvalue weighted by atomic mass is 9.96. The molecular weight excluding hydrogens is 861 g/mol. The Balaban J connectivity index is 1.20. The molecule has 0 aliphatic carbocycles. The molecular formula is C61H32N8O. The van der Waals surface area contributed by atoms with Gasteiger partial charge in [0, 0.05) is 38.2 Å².